The number of rotatable bonds is 2. The number of hydrogen-bond acceptors (Lipinski definition) is 4. The average Bonchev–Trinajstić information content (AvgIpc) is 2.16. The van der Waals surface area contributed by atoms with Gasteiger partial charge in [-0.3, -0.25) is 0 Å². The van der Waals surface area contributed by atoms with Crippen LogP contribution in [0.25, 0.3) is 0 Å². The van der Waals surface area contributed by atoms with Crippen molar-refractivity contribution in [2.45, 2.75) is 39.9 Å². The minimum Gasteiger partial charge on any atom is -0.453 e. The van der Waals surface area contributed by atoms with Crippen molar-refractivity contribution in [2.24, 2.45) is 0 Å². The molecule has 0 radical (unpaired) electrons. The van der Waals surface area contributed by atoms with E-state index < -0.39 is 11.9 Å². The zero-order valence-electron chi connectivity index (χ0n) is 9.94. The van der Waals surface area contributed by atoms with Crippen LogP contribution in [0.4, 0.5) is 0 Å². The van der Waals surface area contributed by atoms with Crippen LogP contribution in [0.15, 0.2) is 0 Å². The van der Waals surface area contributed by atoms with Crippen molar-refractivity contribution in [1.82, 2.24) is 0 Å². The zero-order valence-corrected chi connectivity index (χ0v) is 9.94. The summed E-state index contributed by atoms with van der Waals surface area (Å²) in [4.78, 5) is 20.3. The van der Waals surface area contributed by atoms with Gasteiger partial charge in [0.05, 0.1) is 12.2 Å². The minimum absolute atomic E-state index is 0.112. The van der Waals surface area contributed by atoms with Crippen LogP contribution >= 0.6 is 0 Å². The first-order valence-electron chi connectivity index (χ1n) is 4.67. The summed E-state index contributed by atoms with van der Waals surface area (Å²) in [5.74, 6) is 2.48. The molecule has 16 heavy (non-hydrogen) atoms. The maximum Gasteiger partial charge on any atom is 0.384 e. The number of terminal acetylenes is 2. The van der Waals surface area contributed by atoms with Crippen LogP contribution in [0, 0.1) is 24.7 Å². The van der Waals surface area contributed by atoms with Gasteiger partial charge in [-0.05, 0) is 27.7 Å². The number of hydrogen-bond donors (Lipinski definition) is 0. The van der Waals surface area contributed by atoms with E-state index in [-0.39, 0.29) is 12.2 Å². The summed E-state index contributed by atoms with van der Waals surface area (Å²) in [5.41, 5.74) is 0. The molecule has 0 amide bonds. The molecule has 0 aliphatic carbocycles. The number of carbonyl (C=O) groups excluding carboxylic acids is 2. The summed E-state index contributed by atoms with van der Waals surface area (Å²) in [5, 5.41) is 0. The molecule has 0 heterocycles. The van der Waals surface area contributed by atoms with Gasteiger partial charge in [0, 0.05) is 11.8 Å². The Morgan fingerprint density at radius 3 is 1.19 bits per heavy atom. The predicted octanol–water partition coefficient (Wildman–Crippen LogP) is 1.14. The van der Waals surface area contributed by atoms with Gasteiger partial charge in [-0.15, -0.1) is 12.8 Å². The molecule has 0 aromatic rings. The molecule has 0 spiro atoms. The molecule has 0 saturated heterocycles. The molecule has 0 rings (SSSR count). The highest BCUT2D eigenvalue weighted by Gasteiger charge is 1.97. The first-order chi connectivity index (χ1) is 7.33. The fourth-order valence-electron chi connectivity index (χ4n) is 0.496. The maximum absolute atomic E-state index is 10.2. The third-order valence-corrected chi connectivity index (χ3v) is 0.921. The summed E-state index contributed by atoms with van der Waals surface area (Å²) in [6.07, 6.45) is 9.17. The monoisotopic (exact) mass is 224 g/mol. The molecule has 88 valence electrons. The average molecular weight is 224 g/mol. The van der Waals surface area contributed by atoms with E-state index in [2.05, 4.69) is 9.47 Å². The van der Waals surface area contributed by atoms with E-state index >= 15 is 0 Å². The van der Waals surface area contributed by atoms with Crippen molar-refractivity contribution in [2.75, 3.05) is 0 Å². The lowest BCUT2D eigenvalue weighted by molar-refractivity contribution is -0.141. The lowest BCUT2D eigenvalue weighted by Gasteiger charge is -2.01. The predicted molar refractivity (Wildman–Crippen MR) is 60.1 cm³/mol. The third kappa shape index (κ3) is 14.6. The van der Waals surface area contributed by atoms with Crippen molar-refractivity contribution in [3.8, 4) is 24.7 Å². The molecular weight excluding hydrogens is 208 g/mol. The molecule has 4 nitrogen and oxygen atoms in total. The van der Waals surface area contributed by atoms with Gasteiger partial charge in [-0.2, -0.15) is 0 Å². The summed E-state index contributed by atoms with van der Waals surface area (Å²) in [6.45, 7) is 6.98. The second-order valence-electron chi connectivity index (χ2n) is 3.20. The summed E-state index contributed by atoms with van der Waals surface area (Å²) < 4.78 is 9.05. The van der Waals surface area contributed by atoms with Crippen molar-refractivity contribution in [1.29, 1.82) is 0 Å². The molecule has 0 aliphatic rings. The van der Waals surface area contributed by atoms with Gasteiger partial charge in [-0.1, -0.05) is 0 Å². The highest BCUT2D eigenvalue weighted by molar-refractivity contribution is 5.88. The fourth-order valence-corrected chi connectivity index (χ4v) is 0.496. The number of esters is 2. The van der Waals surface area contributed by atoms with E-state index in [9.17, 15) is 9.59 Å². The number of ether oxygens (including phenoxy) is 2. The van der Waals surface area contributed by atoms with Crippen molar-refractivity contribution in [3.63, 3.8) is 0 Å². The molecule has 0 N–H and O–H groups in total. The van der Waals surface area contributed by atoms with E-state index in [4.69, 9.17) is 12.8 Å². The van der Waals surface area contributed by atoms with Crippen LogP contribution in [0.3, 0.4) is 0 Å². The second kappa shape index (κ2) is 9.61. The quantitative estimate of drug-likeness (QED) is 0.401. The molecule has 0 atom stereocenters. The Labute approximate surface area is 96.3 Å². The first-order valence-corrected chi connectivity index (χ1v) is 4.67. The Morgan fingerprint density at radius 2 is 1.12 bits per heavy atom. The van der Waals surface area contributed by atoms with Gasteiger partial charge < -0.3 is 9.47 Å². The van der Waals surface area contributed by atoms with Crippen molar-refractivity contribution < 1.29 is 19.1 Å². The van der Waals surface area contributed by atoms with Gasteiger partial charge in [0.15, 0.2) is 0 Å². The van der Waals surface area contributed by atoms with E-state index in [1.54, 1.807) is 27.7 Å². The van der Waals surface area contributed by atoms with Crippen LogP contribution in [-0.4, -0.2) is 24.1 Å². The first kappa shape index (κ1) is 16.5. The van der Waals surface area contributed by atoms with Crippen LogP contribution in [0.5, 0.6) is 0 Å². The summed E-state index contributed by atoms with van der Waals surface area (Å²) >= 11 is 0. The molecule has 4 heteroatoms. The molecule has 0 fully saturated rings. The topological polar surface area (TPSA) is 52.6 Å². The van der Waals surface area contributed by atoms with Gasteiger partial charge in [-0.25, -0.2) is 9.59 Å². The Balaban J connectivity index is 0. The molecule has 0 aliphatic heterocycles. The molecular formula is C12H16O4. The van der Waals surface area contributed by atoms with Crippen molar-refractivity contribution in [3.05, 3.63) is 0 Å². The van der Waals surface area contributed by atoms with Crippen LogP contribution in [-0.2, 0) is 19.1 Å². The highest BCUT2D eigenvalue weighted by Crippen LogP contribution is 1.86. The van der Waals surface area contributed by atoms with Crippen LogP contribution in [0.1, 0.15) is 27.7 Å². The largest absolute Gasteiger partial charge is 0.453 e. The van der Waals surface area contributed by atoms with Crippen molar-refractivity contribution >= 4 is 11.9 Å². The molecule has 0 aromatic carbocycles. The van der Waals surface area contributed by atoms with Gasteiger partial charge >= 0.3 is 11.9 Å². The standard InChI is InChI=1S/2C6H8O2/c2*1-4-6(7)8-5(2)3/h2*1,5H,2-3H3. The molecule has 0 aromatic heterocycles. The second-order valence-corrected chi connectivity index (χ2v) is 3.20. The minimum atomic E-state index is -0.597. The van der Waals surface area contributed by atoms with Gasteiger partial charge in [0.2, 0.25) is 0 Å². The highest BCUT2D eigenvalue weighted by atomic mass is 16.5. The fraction of sp³-hybridized carbons (Fsp3) is 0.500. The van der Waals surface area contributed by atoms with Gasteiger partial charge in [0.25, 0.3) is 0 Å². The lowest BCUT2D eigenvalue weighted by atomic mass is 10.5. The normalized spacial score (nSPS) is 8.25. The van der Waals surface area contributed by atoms with Crippen LogP contribution < -0.4 is 0 Å². The zero-order chi connectivity index (χ0) is 13.1. The van der Waals surface area contributed by atoms with Gasteiger partial charge in [0.1, 0.15) is 0 Å². The lowest BCUT2D eigenvalue weighted by Crippen LogP contribution is -2.08. The number of carbonyl (C=O) groups is 2. The Bertz CT molecular complexity index is 270. The maximum atomic E-state index is 10.2. The molecule has 0 bridgehead atoms. The Morgan fingerprint density at radius 1 is 0.875 bits per heavy atom. The Kier molecular flexibility index (Phi) is 9.90. The van der Waals surface area contributed by atoms with E-state index in [0.717, 1.165) is 0 Å². The molecule has 0 saturated carbocycles. The van der Waals surface area contributed by atoms with E-state index in [1.807, 2.05) is 11.8 Å². The SMILES string of the molecule is C#CC(=O)OC(C)C.C#CC(=O)OC(C)C. The summed E-state index contributed by atoms with van der Waals surface area (Å²) in [6, 6.07) is 0. The molecule has 0 unspecified atom stereocenters. The van der Waals surface area contributed by atoms with E-state index in [0.29, 0.717) is 0 Å². The van der Waals surface area contributed by atoms with Crippen LogP contribution in [0.2, 0.25) is 0 Å². The Hall–Kier alpha value is -1.94. The van der Waals surface area contributed by atoms with E-state index in [1.165, 1.54) is 0 Å². The third-order valence-electron chi connectivity index (χ3n) is 0.921. The smallest absolute Gasteiger partial charge is 0.384 e. The summed E-state index contributed by atoms with van der Waals surface area (Å²) in [7, 11) is 0.